The van der Waals surface area contributed by atoms with Crippen molar-refractivity contribution in [2.75, 3.05) is 0 Å². The molecule has 1 aliphatic carbocycles. The first-order valence-electron chi connectivity index (χ1n) is 8.31. The summed E-state index contributed by atoms with van der Waals surface area (Å²) < 4.78 is 157. The lowest BCUT2D eigenvalue weighted by molar-refractivity contribution is -0.487. The topological polar surface area (TPSA) is 29.5 Å². The van der Waals surface area contributed by atoms with Crippen molar-refractivity contribution < 1.29 is 58.1 Å². The quantitative estimate of drug-likeness (QED) is 0.564. The summed E-state index contributed by atoms with van der Waals surface area (Å²) in [6, 6.07) is 4.25. The average molecular weight is 460 g/mol. The minimum absolute atomic E-state index is 0.380. The van der Waals surface area contributed by atoms with E-state index in [-0.39, 0.29) is 5.75 Å². The summed E-state index contributed by atoms with van der Waals surface area (Å²) in [4.78, 5) is 0. The van der Waals surface area contributed by atoms with E-state index >= 15 is 0 Å². The highest BCUT2D eigenvalue weighted by Crippen LogP contribution is 2.70. The van der Waals surface area contributed by atoms with Crippen LogP contribution in [-0.2, 0) is 0 Å². The SMILES string of the molecule is CC(C)Oc1ccccc1C(O)CC1(F)C(F)(F)C(F)(F)C(F)(F)C(F)(F)C1(F)F. The van der Waals surface area contributed by atoms with Gasteiger partial charge in [-0.05, 0) is 19.9 Å². The number of aliphatic hydroxyl groups excluding tert-OH is 1. The molecule has 1 unspecified atom stereocenters. The summed E-state index contributed by atoms with van der Waals surface area (Å²) in [5.74, 6) is -36.0. The van der Waals surface area contributed by atoms with E-state index in [1.54, 1.807) is 0 Å². The zero-order valence-electron chi connectivity index (χ0n) is 15.2. The Bertz CT molecular complexity index is 762. The number of benzene rings is 1. The molecule has 1 fully saturated rings. The van der Waals surface area contributed by atoms with E-state index in [1.165, 1.54) is 19.9 Å². The Morgan fingerprint density at radius 2 is 1.13 bits per heavy atom. The minimum Gasteiger partial charge on any atom is -0.491 e. The number of rotatable bonds is 5. The van der Waals surface area contributed by atoms with Crippen LogP contribution in [0.2, 0.25) is 0 Å². The number of aliphatic hydroxyl groups is 1. The van der Waals surface area contributed by atoms with Gasteiger partial charge < -0.3 is 9.84 Å². The number of hydrogen-bond acceptors (Lipinski definition) is 2. The van der Waals surface area contributed by atoms with Gasteiger partial charge in [0.15, 0.2) is 0 Å². The van der Waals surface area contributed by atoms with Crippen molar-refractivity contribution in [3.05, 3.63) is 29.8 Å². The second kappa shape index (κ2) is 6.86. The molecule has 0 radical (unpaired) electrons. The number of hydrogen-bond donors (Lipinski definition) is 1. The fourth-order valence-corrected chi connectivity index (χ4v) is 3.04. The molecular formula is C17H15F11O2. The van der Waals surface area contributed by atoms with Crippen LogP contribution in [0.1, 0.15) is 31.9 Å². The van der Waals surface area contributed by atoms with Gasteiger partial charge in [0, 0.05) is 12.0 Å². The Morgan fingerprint density at radius 3 is 1.57 bits per heavy atom. The molecule has 172 valence electrons. The van der Waals surface area contributed by atoms with Gasteiger partial charge in [0.2, 0.25) is 0 Å². The van der Waals surface area contributed by atoms with E-state index in [0.717, 1.165) is 18.2 Å². The number of para-hydroxylation sites is 1. The highest BCUT2D eigenvalue weighted by Gasteiger charge is 3.00. The van der Waals surface area contributed by atoms with E-state index in [0.29, 0.717) is 0 Å². The first-order valence-corrected chi connectivity index (χ1v) is 8.31. The highest BCUT2D eigenvalue weighted by atomic mass is 19.4. The van der Waals surface area contributed by atoms with Crippen LogP contribution in [0, 0.1) is 0 Å². The molecule has 1 atom stereocenters. The standard InChI is InChI=1S/C17H15F11O2/c1-8(2)30-11-6-4-3-5-9(11)10(29)7-12(18)13(19,20)15(23,24)17(27,28)16(25,26)14(12,21)22/h3-6,8,10,29H,7H2,1-2H3. The summed E-state index contributed by atoms with van der Waals surface area (Å²) in [6.07, 6.45) is -6.23. The molecule has 0 spiro atoms. The smallest absolute Gasteiger partial charge is 0.384 e. The molecule has 0 heterocycles. The molecular weight excluding hydrogens is 445 g/mol. The fraction of sp³-hybridized carbons (Fsp3) is 0.647. The van der Waals surface area contributed by atoms with Crippen LogP contribution < -0.4 is 4.74 Å². The van der Waals surface area contributed by atoms with Crippen LogP contribution in [0.4, 0.5) is 48.3 Å². The molecule has 1 saturated carbocycles. The third-order valence-corrected chi connectivity index (χ3v) is 4.69. The van der Waals surface area contributed by atoms with Crippen LogP contribution in [0.15, 0.2) is 24.3 Å². The number of alkyl halides is 11. The lowest BCUT2D eigenvalue weighted by Crippen LogP contribution is -2.83. The van der Waals surface area contributed by atoms with Crippen LogP contribution in [0.25, 0.3) is 0 Å². The van der Waals surface area contributed by atoms with E-state index in [1.807, 2.05) is 0 Å². The van der Waals surface area contributed by atoms with E-state index in [2.05, 4.69) is 0 Å². The van der Waals surface area contributed by atoms with Crippen molar-refractivity contribution in [2.24, 2.45) is 0 Å². The highest BCUT2D eigenvalue weighted by molar-refractivity contribution is 5.36. The maximum atomic E-state index is 14.8. The molecule has 0 saturated heterocycles. The van der Waals surface area contributed by atoms with E-state index < -0.39 is 59.5 Å². The Balaban J connectivity index is 2.62. The number of ether oxygens (including phenoxy) is 1. The third-order valence-electron chi connectivity index (χ3n) is 4.69. The second-order valence-corrected chi connectivity index (χ2v) is 7.10. The summed E-state index contributed by atoms with van der Waals surface area (Å²) in [7, 11) is 0. The summed E-state index contributed by atoms with van der Waals surface area (Å²) in [6.45, 7) is 2.87. The Kier molecular flexibility index (Phi) is 5.60. The number of halogens is 11. The van der Waals surface area contributed by atoms with Gasteiger partial charge in [-0.3, -0.25) is 0 Å². The molecule has 1 aromatic carbocycles. The van der Waals surface area contributed by atoms with Gasteiger partial charge in [-0.2, -0.15) is 43.9 Å². The molecule has 0 aromatic heterocycles. The molecule has 13 heteroatoms. The van der Waals surface area contributed by atoms with Crippen LogP contribution in [0.3, 0.4) is 0 Å². The molecule has 0 amide bonds. The third kappa shape index (κ3) is 2.87. The van der Waals surface area contributed by atoms with Gasteiger partial charge in [-0.1, -0.05) is 18.2 Å². The van der Waals surface area contributed by atoms with E-state index in [4.69, 9.17) is 4.74 Å². The first-order chi connectivity index (χ1) is 13.3. The van der Waals surface area contributed by atoms with Gasteiger partial charge in [-0.15, -0.1) is 0 Å². The first kappa shape index (κ1) is 24.5. The molecule has 1 aliphatic rings. The minimum atomic E-state index is -7.29. The largest absolute Gasteiger partial charge is 0.491 e. The molecule has 2 nitrogen and oxygen atoms in total. The Labute approximate surface area is 162 Å². The van der Waals surface area contributed by atoms with E-state index in [9.17, 15) is 53.4 Å². The maximum absolute atomic E-state index is 14.8. The Hall–Kier alpha value is -1.79. The zero-order chi connectivity index (χ0) is 23.6. The van der Waals surface area contributed by atoms with Crippen molar-refractivity contribution in [3.63, 3.8) is 0 Å². The van der Waals surface area contributed by atoms with Crippen molar-refractivity contribution in [1.29, 1.82) is 0 Å². The maximum Gasteiger partial charge on any atom is 0.384 e. The zero-order valence-corrected chi connectivity index (χ0v) is 15.2. The van der Waals surface area contributed by atoms with Crippen molar-refractivity contribution in [1.82, 2.24) is 0 Å². The molecule has 0 bridgehead atoms. The Morgan fingerprint density at radius 1 is 0.733 bits per heavy atom. The normalized spacial score (nSPS) is 26.2. The molecule has 0 aliphatic heterocycles. The predicted molar refractivity (Wildman–Crippen MR) is 80.4 cm³/mol. The van der Waals surface area contributed by atoms with Crippen molar-refractivity contribution >= 4 is 0 Å². The lowest BCUT2D eigenvalue weighted by atomic mass is 9.69. The van der Waals surface area contributed by atoms with Crippen molar-refractivity contribution in [3.8, 4) is 5.75 Å². The van der Waals surface area contributed by atoms with Gasteiger partial charge in [0.05, 0.1) is 12.2 Å². The lowest BCUT2D eigenvalue weighted by Gasteiger charge is -2.52. The molecule has 1 aromatic rings. The summed E-state index contributed by atoms with van der Waals surface area (Å²) >= 11 is 0. The van der Waals surface area contributed by atoms with Gasteiger partial charge in [0.25, 0.3) is 5.67 Å². The average Bonchev–Trinajstić information content (AvgIpc) is 2.59. The van der Waals surface area contributed by atoms with Gasteiger partial charge >= 0.3 is 29.6 Å². The van der Waals surface area contributed by atoms with Gasteiger partial charge in [-0.25, -0.2) is 4.39 Å². The monoisotopic (exact) mass is 460 g/mol. The van der Waals surface area contributed by atoms with Crippen LogP contribution in [-0.4, -0.2) is 46.5 Å². The van der Waals surface area contributed by atoms with Crippen LogP contribution >= 0.6 is 0 Å². The second-order valence-electron chi connectivity index (χ2n) is 7.10. The predicted octanol–water partition coefficient (Wildman–Crippen LogP) is 5.80. The van der Waals surface area contributed by atoms with Crippen LogP contribution in [0.5, 0.6) is 5.75 Å². The molecule has 30 heavy (non-hydrogen) atoms. The summed E-state index contributed by atoms with van der Waals surface area (Å²) in [5.41, 5.74) is -6.93. The molecule has 1 N–H and O–H groups in total. The fourth-order valence-electron chi connectivity index (χ4n) is 3.04. The van der Waals surface area contributed by atoms with Gasteiger partial charge in [0.1, 0.15) is 5.75 Å². The molecule has 2 rings (SSSR count). The summed E-state index contributed by atoms with van der Waals surface area (Å²) in [5, 5.41) is 10.0. The van der Waals surface area contributed by atoms with Crippen molar-refractivity contribution in [2.45, 2.75) is 67.8 Å².